The van der Waals surface area contributed by atoms with E-state index in [0.29, 0.717) is 6.61 Å². The zero-order chi connectivity index (χ0) is 10.3. The van der Waals surface area contributed by atoms with Crippen molar-refractivity contribution in [2.45, 2.75) is 26.7 Å². The minimum absolute atomic E-state index is 0.372. The average molecular weight is 188 g/mol. The van der Waals surface area contributed by atoms with Crippen molar-refractivity contribution in [3.05, 3.63) is 0 Å². The summed E-state index contributed by atoms with van der Waals surface area (Å²) in [6, 6.07) is 0. The van der Waals surface area contributed by atoms with Crippen LogP contribution in [0, 0.1) is 5.92 Å². The molecule has 1 atom stereocenters. The highest BCUT2D eigenvalue weighted by molar-refractivity contribution is 5.94. The molecule has 0 aromatic carbocycles. The third kappa shape index (κ3) is 4.50. The predicted molar refractivity (Wildman–Crippen MR) is 47.0 cm³/mol. The number of ether oxygens (including phenoxy) is 2. The van der Waals surface area contributed by atoms with Crippen molar-refractivity contribution in [2.24, 2.45) is 5.92 Å². The molecule has 0 aliphatic rings. The first kappa shape index (κ1) is 11.9. The van der Waals surface area contributed by atoms with Crippen LogP contribution in [0.2, 0.25) is 0 Å². The van der Waals surface area contributed by atoms with Crippen molar-refractivity contribution in [3.8, 4) is 0 Å². The fourth-order valence-electron chi connectivity index (χ4n) is 0.715. The normalized spacial score (nSPS) is 11.9. The summed E-state index contributed by atoms with van der Waals surface area (Å²) >= 11 is 0. The van der Waals surface area contributed by atoms with Crippen LogP contribution >= 0.6 is 0 Å². The number of rotatable bonds is 5. The topological polar surface area (TPSA) is 52.6 Å². The van der Waals surface area contributed by atoms with Gasteiger partial charge in [0.15, 0.2) is 5.92 Å². The van der Waals surface area contributed by atoms with Crippen LogP contribution in [0.1, 0.15) is 26.7 Å². The first-order chi connectivity index (χ1) is 6.13. The Hall–Kier alpha value is -1.06. The molecule has 13 heavy (non-hydrogen) atoms. The standard InChI is InChI=1S/C9H16O4/c1-4-5-6-13-9(11)7(2)8(10)12-3/h7H,4-6H2,1-3H3. The molecule has 0 aromatic rings. The van der Waals surface area contributed by atoms with Gasteiger partial charge in [0.05, 0.1) is 13.7 Å². The molecule has 0 spiro atoms. The molecule has 0 N–H and O–H groups in total. The van der Waals surface area contributed by atoms with Crippen LogP contribution in [0.15, 0.2) is 0 Å². The lowest BCUT2D eigenvalue weighted by Gasteiger charge is -2.08. The van der Waals surface area contributed by atoms with Gasteiger partial charge in [0.25, 0.3) is 0 Å². The predicted octanol–water partition coefficient (Wildman–Crippen LogP) is 1.14. The fourth-order valence-corrected chi connectivity index (χ4v) is 0.715. The molecule has 0 aliphatic carbocycles. The summed E-state index contributed by atoms with van der Waals surface area (Å²) in [6.07, 6.45) is 1.78. The number of carbonyl (C=O) groups excluding carboxylic acids is 2. The van der Waals surface area contributed by atoms with Gasteiger partial charge in [0.1, 0.15) is 0 Å². The monoisotopic (exact) mass is 188 g/mol. The first-order valence-corrected chi connectivity index (χ1v) is 4.38. The van der Waals surface area contributed by atoms with E-state index in [9.17, 15) is 9.59 Å². The highest BCUT2D eigenvalue weighted by Crippen LogP contribution is 2.01. The van der Waals surface area contributed by atoms with Gasteiger partial charge in [0.2, 0.25) is 0 Å². The quantitative estimate of drug-likeness (QED) is 0.369. The number of hydrogen-bond acceptors (Lipinski definition) is 4. The maximum Gasteiger partial charge on any atom is 0.320 e. The lowest BCUT2D eigenvalue weighted by Crippen LogP contribution is -2.24. The van der Waals surface area contributed by atoms with Gasteiger partial charge in [-0.05, 0) is 13.3 Å². The zero-order valence-electron chi connectivity index (χ0n) is 8.33. The second-order valence-electron chi connectivity index (χ2n) is 2.77. The van der Waals surface area contributed by atoms with Crippen LogP contribution in [0.3, 0.4) is 0 Å². The molecule has 0 heterocycles. The van der Waals surface area contributed by atoms with Gasteiger partial charge in [-0.2, -0.15) is 0 Å². The molecule has 0 rings (SSSR count). The lowest BCUT2D eigenvalue weighted by molar-refractivity contribution is -0.159. The minimum atomic E-state index is -0.818. The van der Waals surface area contributed by atoms with Crippen LogP contribution in [-0.2, 0) is 19.1 Å². The van der Waals surface area contributed by atoms with Crippen molar-refractivity contribution in [2.75, 3.05) is 13.7 Å². The number of esters is 2. The Morgan fingerprint density at radius 3 is 2.38 bits per heavy atom. The molecule has 0 saturated heterocycles. The lowest BCUT2D eigenvalue weighted by atomic mass is 10.2. The number of unbranched alkanes of at least 4 members (excludes halogenated alkanes) is 1. The van der Waals surface area contributed by atoms with Crippen LogP contribution < -0.4 is 0 Å². The van der Waals surface area contributed by atoms with Crippen LogP contribution in [0.5, 0.6) is 0 Å². The molecule has 1 unspecified atom stereocenters. The second-order valence-corrected chi connectivity index (χ2v) is 2.77. The highest BCUT2D eigenvalue weighted by Gasteiger charge is 2.23. The van der Waals surface area contributed by atoms with Gasteiger partial charge in [-0.1, -0.05) is 13.3 Å². The van der Waals surface area contributed by atoms with E-state index in [1.54, 1.807) is 0 Å². The molecule has 76 valence electrons. The molecular weight excluding hydrogens is 172 g/mol. The maximum atomic E-state index is 11.1. The van der Waals surface area contributed by atoms with E-state index in [0.717, 1.165) is 12.8 Å². The minimum Gasteiger partial charge on any atom is -0.468 e. The molecule has 4 nitrogen and oxygen atoms in total. The van der Waals surface area contributed by atoms with E-state index < -0.39 is 17.9 Å². The number of methoxy groups -OCH3 is 1. The molecular formula is C9H16O4. The Kier molecular flexibility index (Phi) is 5.93. The van der Waals surface area contributed by atoms with Crippen molar-refractivity contribution in [3.63, 3.8) is 0 Å². The van der Waals surface area contributed by atoms with E-state index >= 15 is 0 Å². The molecule has 0 amide bonds. The Bertz CT molecular complexity index is 176. The van der Waals surface area contributed by atoms with Crippen LogP contribution in [0.25, 0.3) is 0 Å². The maximum absolute atomic E-state index is 11.1. The molecule has 0 aliphatic heterocycles. The smallest absolute Gasteiger partial charge is 0.320 e. The number of carbonyl (C=O) groups is 2. The van der Waals surface area contributed by atoms with E-state index in [1.807, 2.05) is 6.92 Å². The van der Waals surface area contributed by atoms with E-state index in [-0.39, 0.29) is 0 Å². The Labute approximate surface area is 78.2 Å². The van der Waals surface area contributed by atoms with Gasteiger partial charge >= 0.3 is 11.9 Å². The Morgan fingerprint density at radius 1 is 1.31 bits per heavy atom. The third-order valence-corrected chi connectivity index (χ3v) is 1.65. The van der Waals surface area contributed by atoms with Crippen molar-refractivity contribution >= 4 is 11.9 Å². The molecule has 0 fully saturated rings. The van der Waals surface area contributed by atoms with Gasteiger partial charge in [-0.25, -0.2) is 0 Å². The van der Waals surface area contributed by atoms with Gasteiger partial charge in [0, 0.05) is 0 Å². The summed E-state index contributed by atoms with van der Waals surface area (Å²) in [5.74, 6) is -1.89. The molecule has 0 aromatic heterocycles. The summed E-state index contributed by atoms with van der Waals surface area (Å²) in [6.45, 7) is 3.84. The average Bonchev–Trinajstić information content (AvgIpc) is 2.15. The third-order valence-electron chi connectivity index (χ3n) is 1.65. The summed E-state index contributed by atoms with van der Waals surface area (Å²) in [5.41, 5.74) is 0. The molecule has 0 bridgehead atoms. The van der Waals surface area contributed by atoms with Crippen molar-refractivity contribution in [1.29, 1.82) is 0 Å². The number of hydrogen-bond donors (Lipinski definition) is 0. The Balaban J connectivity index is 3.76. The Morgan fingerprint density at radius 2 is 1.92 bits per heavy atom. The van der Waals surface area contributed by atoms with Gasteiger partial charge in [-0.3, -0.25) is 9.59 Å². The molecule has 4 heteroatoms. The van der Waals surface area contributed by atoms with Crippen molar-refractivity contribution < 1.29 is 19.1 Å². The van der Waals surface area contributed by atoms with E-state index in [2.05, 4.69) is 4.74 Å². The van der Waals surface area contributed by atoms with E-state index in [4.69, 9.17) is 4.74 Å². The van der Waals surface area contributed by atoms with E-state index in [1.165, 1.54) is 14.0 Å². The van der Waals surface area contributed by atoms with Crippen LogP contribution in [-0.4, -0.2) is 25.7 Å². The zero-order valence-corrected chi connectivity index (χ0v) is 8.33. The SMILES string of the molecule is CCCCOC(=O)C(C)C(=O)OC. The van der Waals surface area contributed by atoms with Gasteiger partial charge < -0.3 is 9.47 Å². The summed E-state index contributed by atoms with van der Waals surface area (Å²) < 4.78 is 9.23. The molecule has 0 radical (unpaired) electrons. The summed E-state index contributed by atoms with van der Waals surface area (Å²) in [4.78, 5) is 22.0. The summed E-state index contributed by atoms with van der Waals surface area (Å²) in [7, 11) is 1.25. The van der Waals surface area contributed by atoms with Gasteiger partial charge in [-0.15, -0.1) is 0 Å². The van der Waals surface area contributed by atoms with Crippen LogP contribution in [0.4, 0.5) is 0 Å². The fraction of sp³-hybridized carbons (Fsp3) is 0.778. The summed E-state index contributed by atoms with van der Waals surface area (Å²) in [5, 5.41) is 0. The van der Waals surface area contributed by atoms with Crippen molar-refractivity contribution in [1.82, 2.24) is 0 Å². The first-order valence-electron chi connectivity index (χ1n) is 4.38. The highest BCUT2D eigenvalue weighted by atomic mass is 16.5. The largest absolute Gasteiger partial charge is 0.468 e. The second kappa shape index (κ2) is 6.46. The molecule has 0 saturated carbocycles.